The Hall–Kier alpha value is -2.00. The van der Waals surface area contributed by atoms with Gasteiger partial charge in [-0.05, 0) is 42.7 Å². The topological polar surface area (TPSA) is 38.3 Å². The first kappa shape index (κ1) is 16.4. The third kappa shape index (κ3) is 5.08. The van der Waals surface area contributed by atoms with Crippen LogP contribution < -0.4 is 10.1 Å². The third-order valence-corrected chi connectivity index (χ3v) is 3.52. The molecule has 0 saturated heterocycles. The van der Waals surface area contributed by atoms with E-state index in [0.717, 1.165) is 12.0 Å². The van der Waals surface area contributed by atoms with E-state index < -0.39 is 6.10 Å². The minimum Gasteiger partial charge on any atom is -0.481 e. The second-order valence-electron chi connectivity index (χ2n) is 5.00. The number of benzene rings is 2. The Bertz CT molecular complexity index is 601. The predicted octanol–water partition coefficient (Wildman–Crippen LogP) is 3.86. The van der Waals surface area contributed by atoms with Crippen molar-refractivity contribution in [3.05, 3.63) is 65.2 Å². The van der Waals surface area contributed by atoms with Crippen LogP contribution in [0.15, 0.2) is 54.6 Å². The van der Waals surface area contributed by atoms with Gasteiger partial charge in [0, 0.05) is 11.6 Å². The molecule has 2 aromatic rings. The quantitative estimate of drug-likeness (QED) is 0.842. The molecular formula is C18H20ClNO2. The van der Waals surface area contributed by atoms with Gasteiger partial charge < -0.3 is 10.1 Å². The molecule has 0 heterocycles. The van der Waals surface area contributed by atoms with Crippen molar-refractivity contribution in [1.82, 2.24) is 5.32 Å². The standard InChI is InChI=1S/C18H20ClNO2/c1-2-17(22-16-9-4-3-5-10-16)18(21)20-12-11-14-7-6-8-15(19)13-14/h3-10,13,17H,2,11-12H2,1H3,(H,20,21)/t17-/m0/s1. The number of amides is 1. The fourth-order valence-electron chi connectivity index (χ4n) is 2.12. The summed E-state index contributed by atoms with van der Waals surface area (Å²) >= 11 is 5.94. The van der Waals surface area contributed by atoms with Gasteiger partial charge in [0.05, 0.1) is 0 Å². The number of hydrogen-bond acceptors (Lipinski definition) is 2. The minimum atomic E-state index is -0.471. The molecule has 116 valence electrons. The number of hydrogen-bond donors (Lipinski definition) is 1. The lowest BCUT2D eigenvalue weighted by molar-refractivity contribution is -0.128. The van der Waals surface area contributed by atoms with Crippen LogP contribution in [0.5, 0.6) is 5.75 Å². The van der Waals surface area contributed by atoms with Crippen LogP contribution in [0.1, 0.15) is 18.9 Å². The third-order valence-electron chi connectivity index (χ3n) is 3.29. The molecular weight excluding hydrogens is 298 g/mol. The van der Waals surface area contributed by atoms with Gasteiger partial charge in [-0.1, -0.05) is 48.9 Å². The molecule has 0 bridgehead atoms. The molecule has 1 amide bonds. The SMILES string of the molecule is CC[C@H](Oc1ccccc1)C(=O)NCCc1cccc(Cl)c1. The van der Waals surface area contributed by atoms with Crippen molar-refractivity contribution in [2.24, 2.45) is 0 Å². The van der Waals surface area contributed by atoms with Crippen molar-refractivity contribution in [2.45, 2.75) is 25.9 Å². The molecule has 2 rings (SSSR count). The first-order chi connectivity index (χ1) is 10.7. The summed E-state index contributed by atoms with van der Waals surface area (Å²) < 4.78 is 5.71. The Balaban J connectivity index is 1.82. The van der Waals surface area contributed by atoms with Crippen LogP contribution in [0.25, 0.3) is 0 Å². The van der Waals surface area contributed by atoms with Gasteiger partial charge >= 0.3 is 0 Å². The minimum absolute atomic E-state index is 0.0895. The van der Waals surface area contributed by atoms with E-state index in [9.17, 15) is 4.79 Å². The van der Waals surface area contributed by atoms with Gasteiger partial charge in [-0.2, -0.15) is 0 Å². The number of ether oxygens (including phenoxy) is 1. The molecule has 4 heteroatoms. The van der Waals surface area contributed by atoms with Gasteiger partial charge in [0.15, 0.2) is 6.10 Å². The Morgan fingerprint density at radius 2 is 1.95 bits per heavy atom. The molecule has 0 radical (unpaired) electrons. The number of nitrogens with one attached hydrogen (secondary N) is 1. The first-order valence-electron chi connectivity index (χ1n) is 7.43. The highest BCUT2D eigenvalue weighted by Gasteiger charge is 2.17. The zero-order chi connectivity index (χ0) is 15.8. The number of para-hydroxylation sites is 1. The normalized spacial score (nSPS) is 11.7. The highest BCUT2D eigenvalue weighted by Crippen LogP contribution is 2.13. The lowest BCUT2D eigenvalue weighted by atomic mass is 10.1. The van der Waals surface area contributed by atoms with Gasteiger partial charge in [0.25, 0.3) is 5.91 Å². The maximum absolute atomic E-state index is 12.2. The van der Waals surface area contributed by atoms with Gasteiger partial charge in [0.2, 0.25) is 0 Å². The summed E-state index contributed by atoms with van der Waals surface area (Å²) in [5, 5.41) is 3.63. The second kappa shape index (κ2) is 8.44. The van der Waals surface area contributed by atoms with Gasteiger partial charge in [0.1, 0.15) is 5.75 Å². The second-order valence-corrected chi connectivity index (χ2v) is 5.44. The number of carbonyl (C=O) groups excluding carboxylic acids is 1. The maximum Gasteiger partial charge on any atom is 0.261 e. The van der Waals surface area contributed by atoms with E-state index >= 15 is 0 Å². The largest absolute Gasteiger partial charge is 0.481 e. The van der Waals surface area contributed by atoms with Crippen molar-refractivity contribution in [2.75, 3.05) is 6.54 Å². The van der Waals surface area contributed by atoms with Crippen LogP contribution in [-0.4, -0.2) is 18.6 Å². The van der Waals surface area contributed by atoms with Crippen molar-refractivity contribution >= 4 is 17.5 Å². The van der Waals surface area contributed by atoms with Crippen LogP contribution in [0.2, 0.25) is 5.02 Å². The molecule has 0 aliphatic carbocycles. The summed E-state index contributed by atoms with van der Waals surface area (Å²) in [5.74, 6) is 0.618. The highest BCUT2D eigenvalue weighted by molar-refractivity contribution is 6.30. The predicted molar refractivity (Wildman–Crippen MR) is 89.3 cm³/mol. The fraction of sp³-hybridized carbons (Fsp3) is 0.278. The van der Waals surface area contributed by atoms with E-state index in [1.165, 1.54) is 0 Å². The monoisotopic (exact) mass is 317 g/mol. The summed E-state index contributed by atoms with van der Waals surface area (Å²) in [5.41, 5.74) is 1.10. The number of halogens is 1. The molecule has 0 aromatic heterocycles. The van der Waals surface area contributed by atoms with Crippen LogP contribution >= 0.6 is 11.6 Å². The molecule has 0 aliphatic rings. The summed E-state index contributed by atoms with van der Waals surface area (Å²) in [4.78, 5) is 12.2. The highest BCUT2D eigenvalue weighted by atomic mass is 35.5. The molecule has 0 fully saturated rings. The molecule has 1 atom stereocenters. The van der Waals surface area contributed by atoms with E-state index in [-0.39, 0.29) is 5.91 Å². The molecule has 2 aromatic carbocycles. The zero-order valence-corrected chi connectivity index (χ0v) is 13.3. The van der Waals surface area contributed by atoms with Gasteiger partial charge in [-0.3, -0.25) is 4.79 Å². The van der Waals surface area contributed by atoms with E-state index in [2.05, 4.69) is 5.32 Å². The van der Waals surface area contributed by atoms with Crippen LogP contribution in [-0.2, 0) is 11.2 Å². The fourth-order valence-corrected chi connectivity index (χ4v) is 2.33. The van der Waals surface area contributed by atoms with E-state index in [0.29, 0.717) is 23.7 Å². The van der Waals surface area contributed by atoms with Crippen LogP contribution in [0.3, 0.4) is 0 Å². The summed E-state index contributed by atoms with van der Waals surface area (Å²) in [6.45, 7) is 2.50. The Kier molecular flexibility index (Phi) is 6.28. The Morgan fingerprint density at radius 3 is 2.64 bits per heavy atom. The lowest BCUT2D eigenvalue weighted by Gasteiger charge is -2.17. The van der Waals surface area contributed by atoms with Crippen molar-refractivity contribution in [1.29, 1.82) is 0 Å². The summed E-state index contributed by atoms with van der Waals surface area (Å²) in [6.07, 6.45) is 0.896. The average Bonchev–Trinajstić information content (AvgIpc) is 2.53. The summed E-state index contributed by atoms with van der Waals surface area (Å²) in [6, 6.07) is 17.0. The van der Waals surface area contributed by atoms with E-state index in [1.54, 1.807) is 0 Å². The molecule has 0 aliphatic heterocycles. The summed E-state index contributed by atoms with van der Waals surface area (Å²) in [7, 11) is 0. The maximum atomic E-state index is 12.2. The van der Waals surface area contributed by atoms with Gasteiger partial charge in [-0.25, -0.2) is 0 Å². The Labute approximate surface area is 136 Å². The zero-order valence-electron chi connectivity index (χ0n) is 12.6. The van der Waals surface area contributed by atoms with Crippen LogP contribution in [0.4, 0.5) is 0 Å². The van der Waals surface area contributed by atoms with E-state index in [1.807, 2.05) is 61.5 Å². The number of carbonyl (C=O) groups is 1. The average molecular weight is 318 g/mol. The molecule has 0 unspecified atom stereocenters. The van der Waals surface area contributed by atoms with Crippen molar-refractivity contribution in [3.8, 4) is 5.75 Å². The van der Waals surface area contributed by atoms with Gasteiger partial charge in [-0.15, -0.1) is 0 Å². The first-order valence-corrected chi connectivity index (χ1v) is 7.80. The molecule has 22 heavy (non-hydrogen) atoms. The smallest absolute Gasteiger partial charge is 0.261 e. The Morgan fingerprint density at radius 1 is 1.18 bits per heavy atom. The van der Waals surface area contributed by atoms with Crippen molar-refractivity contribution in [3.63, 3.8) is 0 Å². The lowest BCUT2D eigenvalue weighted by Crippen LogP contribution is -2.38. The van der Waals surface area contributed by atoms with Crippen molar-refractivity contribution < 1.29 is 9.53 Å². The molecule has 0 spiro atoms. The molecule has 1 N–H and O–H groups in total. The van der Waals surface area contributed by atoms with E-state index in [4.69, 9.17) is 16.3 Å². The molecule has 0 saturated carbocycles. The number of rotatable bonds is 7. The molecule has 3 nitrogen and oxygen atoms in total. The van der Waals surface area contributed by atoms with Crippen LogP contribution in [0, 0.1) is 0 Å².